The number of rotatable bonds is 5. The number of sulfonamides is 1. The van der Waals surface area contributed by atoms with Gasteiger partial charge in [-0.05, 0) is 30.3 Å². The molecule has 0 N–H and O–H groups in total. The molecule has 0 aliphatic carbocycles. The Hall–Kier alpha value is -2.01. The molecule has 3 rings (SSSR count). The number of nitro groups is 1. The van der Waals surface area contributed by atoms with Gasteiger partial charge < -0.3 is 9.47 Å². The van der Waals surface area contributed by atoms with Crippen LogP contribution in [0.15, 0.2) is 51.8 Å². The number of halogens is 1. The summed E-state index contributed by atoms with van der Waals surface area (Å²) in [5.74, 6) is 0.449. The lowest BCUT2D eigenvalue weighted by atomic mass is 10.3. The van der Waals surface area contributed by atoms with Gasteiger partial charge in [0.05, 0.1) is 18.1 Å². The lowest BCUT2D eigenvalue weighted by Crippen LogP contribution is -2.40. The number of benzene rings is 2. The lowest BCUT2D eigenvalue weighted by molar-refractivity contribution is -0.385. The first-order valence-corrected chi connectivity index (χ1v) is 9.91. The number of nitro benzene ring substituents is 1. The molecule has 0 bridgehead atoms. The minimum absolute atomic E-state index is 0.0319. The summed E-state index contributed by atoms with van der Waals surface area (Å²) in [5.41, 5.74) is -0.319. The molecule has 26 heavy (non-hydrogen) atoms. The van der Waals surface area contributed by atoms with Crippen molar-refractivity contribution in [2.75, 3.05) is 26.3 Å². The van der Waals surface area contributed by atoms with Crippen molar-refractivity contribution < 1.29 is 22.8 Å². The van der Waals surface area contributed by atoms with Crippen LogP contribution >= 0.6 is 15.9 Å². The zero-order valence-corrected chi connectivity index (χ0v) is 15.9. The van der Waals surface area contributed by atoms with Crippen molar-refractivity contribution in [3.05, 3.63) is 57.1 Å². The molecule has 10 heteroatoms. The minimum Gasteiger partial charge on any atom is -0.456 e. The van der Waals surface area contributed by atoms with E-state index in [1.165, 1.54) is 16.4 Å². The van der Waals surface area contributed by atoms with Gasteiger partial charge in [0, 0.05) is 29.7 Å². The molecule has 0 amide bonds. The largest absolute Gasteiger partial charge is 0.456 e. The van der Waals surface area contributed by atoms with E-state index >= 15 is 0 Å². The molecule has 0 spiro atoms. The fourth-order valence-corrected chi connectivity index (χ4v) is 4.26. The molecule has 1 fully saturated rings. The quantitative estimate of drug-likeness (QED) is 0.520. The summed E-state index contributed by atoms with van der Waals surface area (Å²) in [5, 5.41) is 11.1. The number of ether oxygens (including phenoxy) is 2. The van der Waals surface area contributed by atoms with E-state index in [1.807, 2.05) is 0 Å². The highest BCUT2D eigenvalue weighted by atomic mass is 79.9. The van der Waals surface area contributed by atoms with Crippen LogP contribution < -0.4 is 4.74 Å². The van der Waals surface area contributed by atoms with Gasteiger partial charge in [0.15, 0.2) is 0 Å². The Morgan fingerprint density at radius 1 is 1.12 bits per heavy atom. The monoisotopic (exact) mass is 442 g/mol. The molecule has 0 aromatic heterocycles. The Kier molecular flexibility index (Phi) is 5.56. The first kappa shape index (κ1) is 18.8. The molecule has 1 saturated heterocycles. The second kappa shape index (κ2) is 7.70. The van der Waals surface area contributed by atoms with E-state index in [4.69, 9.17) is 9.47 Å². The van der Waals surface area contributed by atoms with Gasteiger partial charge in [-0.25, -0.2) is 8.42 Å². The number of morpholine rings is 1. The molecule has 8 nitrogen and oxygen atoms in total. The molecule has 0 atom stereocenters. The summed E-state index contributed by atoms with van der Waals surface area (Å²) < 4.78 is 38.9. The number of nitrogens with zero attached hydrogens (tertiary/aromatic N) is 2. The first-order valence-electron chi connectivity index (χ1n) is 7.68. The summed E-state index contributed by atoms with van der Waals surface area (Å²) in [6.07, 6.45) is 0. The van der Waals surface area contributed by atoms with Crippen molar-refractivity contribution in [2.45, 2.75) is 4.90 Å². The van der Waals surface area contributed by atoms with E-state index in [0.29, 0.717) is 5.75 Å². The minimum atomic E-state index is -3.96. The van der Waals surface area contributed by atoms with E-state index in [0.717, 1.165) is 10.5 Å². The molecular weight excluding hydrogens is 428 g/mol. The fraction of sp³-hybridized carbons (Fsp3) is 0.250. The normalized spacial score (nSPS) is 15.6. The van der Waals surface area contributed by atoms with Gasteiger partial charge in [-0.1, -0.05) is 15.9 Å². The molecule has 2 aromatic rings. The molecule has 0 saturated carbocycles. The van der Waals surface area contributed by atoms with E-state index in [1.54, 1.807) is 24.3 Å². The standard InChI is InChI=1S/C16H15BrN2O6S/c17-12-1-4-14(5-2-12)25-15-6-3-13(19(20)21)11-16(15)26(22,23)18-7-9-24-10-8-18/h1-6,11H,7-10H2. The van der Waals surface area contributed by atoms with Crippen molar-refractivity contribution in [1.29, 1.82) is 0 Å². The van der Waals surface area contributed by atoms with Crippen LogP contribution in [0.25, 0.3) is 0 Å². The van der Waals surface area contributed by atoms with Gasteiger partial charge in [-0.2, -0.15) is 4.31 Å². The van der Waals surface area contributed by atoms with Gasteiger partial charge in [0.1, 0.15) is 16.4 Å². The number of non-ortho nitro benzene ring substituents is 1. The highest BCUT2D eigenvalue weighted by Crippen LogP contribution is 2.34. The van der Waals surface area contributed by atoms with Crippen LogP contribution in [0.1, 0.15) is 0 Å². The van der Waals surface area contributed by atoms with Crippen molar-refractivity contribution in [2.24, 2.45) is 0 Å². The summed E-state index contributed by atoms with van der Waals surface area (Å²) in [6.45, 7) is 0.916. The number of hydrogen-bond acceptors (Lipinski definition) is 6. The van der Waals surface area contributed by atoms with Crippen LogP contribution in [0.4, 0.5) is 5.69 Å². The zero-order chi connectivity index (χ0) is 18.7. The predicted octanol–water partition coefficient (Wildman–Crippen LogP) is 3.17. The Morgan fingerprint density at radius 3 is 2.38 bits per heavy atom. The maximum Gasteiger partial charge on any atom is 0.271 e. The molecule has 1 heterocycles. The molecule has 0 unspecified atom stereocenters. The average molecular weight is 443 g/mol. The molecule has 0 radical (unpaired) electrons. The van der Waals surface area contributed by atoms with Crippen LogP contribution in [0.2, 0.25) is 0 Å². The maximum atomic E-state index is 13.0. The third kappa shape index (κ3) is 4.04. The van der Waals surface area contributed by atoms with Crippen LogP contribution in [0.5, 0.6) is 11.5 Å². The number of hydrogen-bond donors (Lipinski definition) is 0. The van der Waals surface area contributed by atoms with Crippen LogP contribution in [0.3, 0.4) is 0 Å². The molecule has 1 aliphatic rings. The maximum absolute atomic E-state index is 13.0. The third-order valence-corrected chi connectivity index (χ3v) is 6.22. The van der Waals surface area contributed by atoms with Gasteiger partial charge in [0.2, 0.25) is 10.0 Å². The predicted molar refractivity (Wildman–Crippen MR) is 96.9 cm³/mol. The Bertz CT molecular complexity index is 911. The SMILES string of the molecule is O=[N+]([O-])c1ccc(Oc2ccc(Br)cc2)c(S(=O)(=O)N2CCOCC2)c1. The summed E-state index contributed by atoms with van der Waals surface area (Å²) in [7, 11) is -3.96. The van der Waals surface area contributed by atoms with Crippen molar-refractivity contribution >= 4 is 31.6 Å². The highest BCUT2D eigenvalue weighted by Gasteiger charge is 2.31. The summed E-state index contributed by atoms with van der Waals surface area (Å²) in [6, 6.07) is 10.4. The second-order valence-corrected chi connectivity index (χ2v) is 8.28. The van der Waals surface area contributed by atoms with E-state index in [9.17, 15) is 18.5 Å². The van der Waals surface area contributed by atoms with Gasteiger partial charge in [-0.3, -0.25) is 10.1 Å². The summed E-state index contributed by atoms with van der Waals surface area (Å²) >= 11 is 3.31. The summed E-state index contributed by atoms with van der Waals surface area (Å²) in [4.78, 5) is 10.2. The van der Waals surface area contributed by atoms with Crippen molar-refractivity contribution in [3.63, 3.8) is 0 Å². The Labute approximate surface area is 158 Å². The molecule has 2 aromatic carbocycles. The van der Waals surface area contributed by atoms with E-state index in [2.05, 4.69) is 15.9 Å². The van der Waals surface area contributed by atoms with Crippen LogP contribution in [-0.2, 0) is 14.8 Å². The fourth-order valence-electron chi connectivity index (χ4n) is 2.45. The Balaban J connectivity index is 2.03. The topological polar surface area (TPSA) is 99.0 Å². The zero-order valence-electron chi connectivity index (χ0n) is 13.5. The highest BCUT2D eigenvalue weighted by molar-refractivity contribution is 9.10. The second-order valence-electron chi connectivity index (χ2n) is 5.46. The van der Waals surface area contributed by atoms with Gasteiger partial charge >= 0.3 is 0 Å². The van der Waals surface area contributed by atoms with Crippen LogP contribution in [-0.4, -0.2) is 43.9 Å². The molecule has 138 valence electrons. The van der Waals surface area contributed by atoms with Crippen molar-refractivity contribution in [1.82, 2.24) is 4.31 Å². The van der Waals surface area contributed by atoms with E-state index < -0.39 is 14.9 Å². The molecule has 1 aliphatic heterocycles. The lowest BCUT2D eigenvalue weighted by Gasteiger charge is -2.26. The van der Waals surface area contributed by atoms with Gasteiger partial charge in [0.25, 0.3) is 5.69 Å². The van der Waals surface area contributed by atoms with Gasteiger partial charge in [-0.15, -0.1) is 0 Å². The van der Waals surface area contributed by atoms with Crippen LogP contribution in [0, 0.1) is 10.1 Å². The molecular formula is C16H15BrN2O6S. The van der Waals surface area contributed by atoms with Crippen molar-refractivity contribution in [3.8, 4) is 11.5 Å². The first-order chi connectivity index (χ1) is 12.4. The third-order valence-electron chi connectivity index (χ3n) is 3.77. The Morgan fingerprint density at radius 2 is 1.77 bits per heavy atom. The average Bonchev–Trinajstić information content (AvgIpc) is 2.64. The van der Waals surface area contributed by atoms with E-state index in [-0.39, 0.29) is 42.6 Å². The smallest absolute Gasteiger partial charge is 0.271 e.